The number of aromatic nitrogens is 1. The minimum Gasteiger partial charge on any atom is -0.370 e. The predicted molar refractivity (Wildman–Crippen MR) is 77.6 cm³/mol. The zero-order valence-corrected chi connectivity index (χ0v) is 11.6. The Morgan fingerprint density at radius 2 is 2.00 bits per heavy atom. The van der Waals surface area contributed by atoms with Crippen LogP contribution in [-0.4, -0.2) is 24.6 Å². The van der Waals surface area contributed by atoms with Gasteiger partial charge in [-0.2, -0.15) is 0 Å². The van der Waals surface area contributed by atoms with Crippen LogP contribution >= 0.6 is 12.4 Å². The number of hydrogen-bond acceptors (Lipinski definition) is 3. The summed E-state index contributed by atoms with van der Waals surface area (Å²) < 4.78 is 0. The summed E-state index contributed by atoms with van der Waals surface area (Å²) in [7, 11) is 0. The molecule has 18 heavy (non-hydrogen) atoms. The highest BCUT2D eigenvalue weighted by Crippen LogP contribution is 2.22. The first kappa shape index (κ1) is 13.6. The van der Waals surface area contributed by atoms with Crippen molar-refractivity contribution in [2.75, 3.05) is 25.0 Å². The molecule has 3 heterocycles. The van der Waals surface area contributed by atoms with Crippen LogP contribution in [0.3, 0.4) is 0 Å². The van der Waals surface area contributed by atoms with Gasteiger partial charge >= 0.3 is 0 Å². The lowest BCUT2D eigenvalue weighted by molar-refractivity contribution is 0.370. The lowest BCUT2D eigenvalue weighted by Crippen LogP contribution is -2.29. The van der Waals surface area contributed by atoms with Crippen LogP contribution in [0.1, 0.15) is 30.5 Å². The number of nitrogens with one attached hydrogen (secondary N) is 2. The minimum absolute atomic E-state index is 0. The topological polar surface area (TPSA) is 37.0 Å². The third-order valence-corrected chi connectivity index (χ3v) is 3.91. The summed E-state index contributed by atoms with van der Waals surface area (Å²) in [6.45, 7) is 3.43. The lowest BCUT2D eigenvalue weighted by Gasteiger charge is -2.23. The maximum Gasteiger partial charge on any atom is 0.129 e. The summed E-state index contributed by atoms with van der Waals surface area (Å²) in [5.74, 6) is 1.97. The summed E-state index contributed by atoms with van der Waals surface area (Å²) in [5.41, 5.74) is 2.66. The Morgan fingerprint density at radius 1 is 1.17 bits per heavy atom. The largest absolute Gasteiger partial charge is 0.370 e. The summed E-state index contributed by atoms with van der Waals surface area (Å²) in [5, 5.41) is 6.83. The van der Waals surface area contributed by atoms with Crippen molar-refractivity contribution in [3.63, 3.8) is 0 Å². The number of fused-ring (bicyclic) bond motifs is 1. The molecule has 0 bridgehead atoms. The molecule has 0 spiro atoms. The van der Waals surface area contributed by atoms with Crippen LogP contribution in [0.2, 0.25) is 0 Å². The standard InChI is InChI=1S/C14H21N3.ClH/c1-2-12-3-4-13(17-14(12)16-7-1)10-11-5-8-15-9-6-11;/h3-4,11,15H,1-2,5-10H2,(H,16,17);1H. The van der Waals surface area contributed by atoms with Crippen molar-refractivity contribution < 1.29 is 0 Å². The molecule has 3 rings (SSSR count). The third kappa shape index (κ3) is 3.15. The number of anilines is 1. The highest BCUT2D eigenvalue weighted by Gasteiger charge is 2.16. The molecule has 0 radical (unpaired) electrons. The number of rotatable bonds is 2. The molecular formula is C14H22ClN3. The van der Waals surface area contributed by atoms with Crippen molar-refractivity contribution in [2.45, 2.75) is 32.1 Å². The van der Waals surface area contributed by atoms with Crippen LogP contribution in [0.4, 0.5) is 5.82 Å². The molecule has 1 fully saturated rings. The summed E-state index contributed by atoms with van der Waals surface area (Å²) >= 11 is 0. The van der Waals surface area contributed by atoms with Crippen LogP contribution in [0, 0.1) is 5.92 Å². The van der Waals surface area contributed by atoms with Crippen molar-refractivity contribution in [2.24, 2.45) is 5.92 Å². The Balaban J connectivity index is 0.00000120. The maximum atomic E-state index is 4.78. The van der Waals surface area contributed by atoms with E-state index in [1.54, 1.807) is 0 Å². The van der Waals surface area contributed by atoms with Gasteiger partial charge in [0, 0.05) is 12.2 Å². The summed E-state index contributed by atoms with van der Waals surface area (Å²) in [6.07, 6.45) is 6.17. The third-order valence-electron chi connectivity index (χ3n) is 3.91. The van der Waals surface area contributed by atoms with Crippen LogP contribution in [0.15, 0.2) is 12.1 Å². The summed E-state index contributed by atoms with van der Waals surface area (Å²) in [4.78, 5) is 4.78. The van der Waals surface area contributed by atoms with Gasteiger partial charge in [-0.15, -0.1) is 12.4 Å². The van der Waals surface area contributed by atoms with E-state index in [4.69, 9.17) is 4.98 Å². The summed E-state index contributed by atoms with van der Waals surface area (Å²) in [6, 6.07) is 4.50. The Kier molecular flexibility index (Phi) is 4.84. The van der Waals surface area contributed by atoms with E-state index in [2.05, 4.69) is 22.8 Å². The molecule has 0 saturated carbocycles. The second kappa shape index (κ2) is 6.39. The molecule has 2 aliphatic rings. The molecular weight excluding hydrogens is 246 g/mol. The molecule has 1 aromatic heterocycles. The molecule has 1 saturated heterocycles. The van der Waals surface area contributed by atoms with E-state index in [0.717, 1.165) is 24.7 Å². The smallest absolute Gasteiger partial charge is 0.129 e. The van der Waals surface area contributed by atoms with Gasteiger partial charge in [-0.3, -0.25) is 0 Å². The minimum atomic E-state index is 0. The molecule has 3 nitrogen and oxygen atoms in total. The molecule has 100 valence electrons. The number of piperidine rings is 1. The van der Waals surface area contributed by atoms with Crippen LogP contribution in [0.25, 0.3) is 0 Å². The Morgan fingerprint density at radius 3 is 2.83 bits per heavy atom. The van der Waals surface area contributed by atoms with Crippen LogP contribution < -0.4 is 10.6 Å². The van der Waals surface area contributed by atoms with Crippen molar-refractivity contribution in [3.8, 4) is 0 Å². The van der Waals surface area contributed by atoms with Crippen LogP contribution in [-0.2, 0) is 12.8 Å². The second-order valence-electron chi connectivity index (χ2n) is 5.24. The quantitative estimate of drug-likeness (QED) is 0.864. The number of aryl methyl sites for hydroxylation is 1. The van der Waals surface area contributed by atoms with Crippen molar-refractivity contribution >= 4 is 18.2 Å². The Labute approximate surface area is 115 Å². The van der Waals surface area contributed by atoms with Gasteiger partial charge in [-0.1, -0.05) is 6.07 Å². The van der Waals surface area contributed by atoms with Gasteiger partial charge in [0.15, 0.2) is 0 Å². The van der Waals surface area contributed by atoms with Crippen molar-refractivity contribution in [3.05, 3.63) is 23.4 Å². The fourth-order valence-corrected chi connectivity index (χ4v) is 2.86. The van der Waals surface area contributed by atoms with E-state index < -0.39 is 0 Å². The maximum absolute atomic E-state index is 4.78. The highest BCUT2D eigenvalue weighted by atomic mass is 35.5. The first-order valence-corrected chi connectivity index (χ1v) is 6.85. The fourth-order valence-electron chi connectivity index (χ4n) is 2.86. The van der Waals surface area contributed by atoms with Crippen molar-refractivity contribution in [1.82, 2.24) is 10.3 Å². The molecule has 2 N–H and O–H groups in total. The monoisotopic (exact) mass is 267 g/mol. The van der Waals surface area contributed by atoms with Gasteiger partial charge in [-0.05, 0) is 62.7 Å². The van der Waals surface area contributed by atoms with E-state index in [9.17, 15) is 0 Å². The average molecular weight is 268 g/mol. The molecule has 2 aliphatic heterocycles. The molecule has 0 atom stereocenters. The Bertz CT molecular complexity index is 389. The number of nitrogens with zero attached hydrogens (tertiary/aromatic N) is 1. The normalized spacial score (nSPS) is 19.6. The van der Waals surface area contributed by atoms with E-state index >= 15 is 0 Å². The molecule has 0 amide bonds. The number of pyridine rings is 1. The van der Waals surface area contributed by atoms with Gasteiger partial charge in [-0.25, -0.2) is 4.98 Å². The number of hydrogen-bond donors (Lipinski definition) is 2. The molecule has 4 heteroatoms. The average Bonchev–Trinajstić information content (AvgIpc) is 2.40. The second-order valence-corrected chi connectivity index (χ2v) is 5.24. The van der Waals surface area contributed by atoms with Crippen molar-refractivity contribution in [1.29, 1.82) is 0 Å². The molecule has 0 aliphatic carbocycles. The highest BCUT2D eigenvalue weighted by molar-refractivity contribution is 5.85. The van der Waals surface area contributed by atoms with Gasteiger partial charge < -0.3 is 10.6 Å². The van der Waals surface area contributed by atoms with Gasteiger partial charge in [0.2, 0.25) is 0 Å². The fraction of sp³-hybridized carbons (Fsp3) is 0.643. The molecule has 1 aromatic rings. The van der Waals surface area contributed by atoms with E-state index in [-0.39, 0.29) is 12.4 Å². The van der Waals surface area contributed by atoms with E-state index in [1.807, 2.05) is 0 Å². The zero-order chi connectivity index (χ0) is 11.5. The van der Waals surface area contributed by atoms with Gasteiger partial charge in [0.05, 0.1) is 0 Å². The SMILES string of the molecule is Cl.c1cc2c(nc1CC1CCNCC1)NCCC2. The first-order chi connectivity index (χ1) is 8.42. The van der Waals surface area contributed by atoms with Gasteiger partial charge in [0.25, 0.3) is 0 Å². The molecule has 0 unspecified atom stereocenters. The zero-order valence-electron chi connectivity index (χ0n) is 10.7. The first-order valence-electron chi connectivity index (χ1n) is 6.85. The van der Waals surface area contributed by atoms with E-state index in [1.165, 1.54) is 50.0 Å². The predicted octanol–water partition coefficient (Wildman–Crippen LogP) is 2.40. The van der Waals surface area contributed by atoms with Crippen LogP contribution in [0.5, 0.6) is 0 Å². The lowest BCUT2D eigenvalue weighted by atomic mass is 9.92. The van der Waals surface area contributed by atoms with E-state index in [0.29, 0.717) is 0 Å². The van der Waals surface area contributed by atoms with Gasteiger partial charge in [0.1, 0.15) is 5.82 Å². The number of halogens is 1. The molecule has 0 aromatic carbocycles. The Hall–Kier alpha value is -0.800.